The summed E-state index contributed by atoms with van der Waals surface area (Å²) < 4.78 is 5.14. The van der Waals surface area contributed by atoms with Crippen molar-refractivity contribution in [2.24, 2.45) is 11.3 Å². The highest BCUT2D eigenvalue weighted by Crippen LogP contribution is 2.35. The number of aliphatic hydroxyl groups excluding tert-OH is 2. The molecule has 4 nitrogen and oxygen atoms in total. The molecule has 1 aromatic rings. The third-order valence-corrected chi connectivity index (χ3v) is 5.38. The molecule has 1 fully saturated rings. The maximum atomic E-state index is 10.5. The van der Waals surface area contributed by atoms with Gasteiger partial charge in [-0.2, -0.15) is 0 Å². The molecule has 0 saturated carbocycles. The minimum atomic E-state index is -0.431. The molecule has 142 valence electrons. The fourth-order valence-electron chi connectivity index (χ4n) is 3.93. The molecule has 1 aliphatic rings. The summed E-state index contributed by atoms with van der Waals surface area (Å²) >= 11 is 0. The average molecular weight is 350 g/mol. The van der Waals surface area contributed by atoms with Crippen molar-refractivity contribution in [2.45, 2.75) is 52.2 Å². The maximum Gasteiger partial charge on any atom is 0.0642 e. The lowest BCUT2D eigenvalue weighted by Crippen LogP contribution is -2.53. The SMILES string of the molecule is COCCC[C@@]1(CO)CN(Cc2ccc(CC(C)C)cc2)CC[C@H]1O. The standard InChI is InChI=1S/C21H35NO3/c1-17(2)13-18-5-7-19(8-6-18)14-22-11-9-20(24)21(15-22,16-23)10-4-12-25-3/h5-8,17,20,23-24H,4,9-16H2,1-3H3/t20-,21+/m1/s1. The summed E-state index contributed by atoms with van der Waals surface area (Å²) in [5.41, 5.74) is 2.26. The Morgan fingerprint density at radius 3 is 2.52 bits per heavy atom. The van der Waals surface area contributed by atoms with Crippen LogP contribution in [-0.4, -0.2) is 54.6 Å². The first-order valence-corrected chi connectivity index (χ1v) is 9.57. The second-order valence-electron chi connectivity index (χ2n) is 8.05. The van der Waals surface area contributed by atoms with Crippen molar-refractivity contribution in [3.63, 3.8) is 0 Å². The van der Waals surface area contributed by atoms with Crippen LogP contribution in [0.4, 0.5) is 0 Å². The topological polar surface area (TPSA) is 52.9 Å². The Morgan fingerprint density at radius 1 is 1.24 bits per heavy atom. The van der Waals surface area contributed by atoms with Gasteiger partial charge in [-0.3, -0.25) is 4.90 Å². The number of nitrogens with zero attached hydrogens (tertiary/aromatic N) is 1. The van der Waals surface area contributed by atoms with E-state index in [0.29, 0.717) is 12.5 Å². The van der Waals surface area contributed by atoms with Gasteiger partial charge in [0.15, 0.2) is 0 Å². The van der Waals surface area contributed by atoms with Gasteiger partial charge in [0.1, 0.15) is 0 Å². The number of hydrogen-bond donors (Lipinski definition) is 2. The van der Waals surface area contributed by atoms with Crippen LogP contribution in [0.25, 0.3) is 0 Å². The van der Waals surface area contributed by atoms with Gasteiger partial charge in [-0.1, -0.05) is 38.1 Å². The van der Waals surface area contributed by atoms with Crippen molar-refractivity contribution < 1.29 is 14.9 Å². The largest absolute Gasteiger partial charge is 0.396 e. The Bertz CT molecular complexity index is 502. The van der Waals surface area contributed by atoms with Crippen LogP contribution in [-0.2, 0) is 17.7 Å². The van der Waals surface area contributed by atoms with E-state index in [1.54, 1.807) is 7.11 Å². The third-order valence-electron chi connectivity index (χ3n) is 5.38. The maximum absolute atomic E-state index is 10.5. The number of likely N-dealkylation sites (tertiary alicyclic amines) is 1. The quantitative estimate of drug-likeness (QED) is 0.673. The van der Waals surface area contributed by atoms with E-state index in [4.69, 9.17) is 4.74 Å². The summed E-state index contributed by atoms with van der Waals surface area (Å²) in [6.45, 7) is 7.67. The summed E-state index contributed by atoms with van der Waals surface area (Å²) in [5, 5.41) is 20.5. The number of piperidine rings is 1. The van der Waals surface area contributed by atoms with Crippen molar-refractivity contribution in [3.8, 4) is 0 Å². The fourth-order valence-corrected chi connectivity index (χ4v) is 3.93. The van der Waals surface area contributed by atoms with E-state index in [0.717, 1.165) is 45.3 Å². The predicted octanol–water partition coefficient (Wildman–Crippen LogP) is 2.86. The molecule has 0 unspecified atom stereocenters. The van der Waals surface area contributed by atoms with Gasteiger partial charge in [-0.05, 0) is 42.7 Å². The number of hydrogen-bond acceptors (Lipinski definition) is 4. The predicted molar refractivity (Wildman–Crippen MR) is 102 cm³/mol. The van der Waals surface area contributed by atoms with Crippen molar-refractivity contribution in [1.82, 2.24) is 4.90 Å². The van der Waals surface area contributed by atoms with E-state index in [2.05, 4.69) is 43.0 Å². The van der Waals surface area contributed by atoms with Gasteiger partial charge in [0.2, 0.25) is 0 Å². The van der Waals surface area contributed by atoms with Crippen molar-refractivity contribution in [3.05, 3.63) is 35.4 Å². The lowest BCUT2D eigenvalue weighted by atomic mass is 9.74. The molecular weight excluding hydrogens is 314 g/mol. The number of methoxy groups -OCH3 is 1. The molecule has 2 N–H and O–H groups in total. The van der Waals surface area contributed by atoms with Gasteiger partial charge in [0.05, 0.1) is 12.7 Å². The average Bonchev–Trinajstić information content (AvgIpc) is 2.59. The molecule has 0 amide bonds. The molecule has 4 heteroatoms. The first kappa shape index (κ1) is 20.4. The summed E-state index contributed by atoms with van der Waals surface area (Å²) in [6, 6.07) is 8.89. The molecule has 1 heterocycles. The molecule has 2 rings (SSSR count). The highest BCUT2D eigenvalue weighted by atomic mass is 16.5. The number of ether oxygens (including phenoxy) is 1. The molecule has 1 aromatic carbocycles. The molecule has 2 atom stereocenters. The van der Waals surface area contributed by atoms with Crippen LogP contribution in [0.3, 0.4) is 0 Å². The van der Waals surface area contributed by atoms with Crippen molar-refractivity contribution in [1.29, 1.82) is 0 Å². The van der Waals surface area contributed by atoms with Gasteiger partial charge >= 0.3 is 0 Å². The van der Waals surface area contributed by atoms with Gasteiger partial charge in [-0.15, -0.1) is 0 Å². The number of aliphatic hydroxyl groups is 2. The zero-order chi connectivity index (χ0) is 18.3. The lowest BCUT2D eigenvalue weighted by Gasteiger charge is -2.45. The van der Waals surface area contributed by atoms with E-state index in [1.165, 1.54) is 11.1 Å². The minimum absolute atomic E-state index is 0.0295. The Hall–Kier alpha value is -0.940. The van der Waals surface area contributed by atoms with Crippen LogP contribution in [0, 0.1) is 11.3 Å². The third kappa shape index (κ3) is 5.78. The highest BCUT2D eigenvalue weighted by Gasteiger charge is 2.41. The van der Waals surface area contributed by atoms with Crippen LogP contribution in [0.1, 0.15) is 44.2 Å². The normalized spacial score (nSPS) is 24.8. The van der Waals surface area contributed by atoms with E-state index in [1.807, 2.05) is 0 Å². The lowest BCUT2D eigenvalue weighted by molar-refractivity contribution is -0.0843. The number of benzene rings is 1. The highest BCUT2D eigenvalue weighted by molar-refractivity contribution is 5.23. The van der Waals surface area contributed by atoms with E-state index in [-0.39, 0.29) is 6.61 Å². The zero-order valence-corrected chi connectivity index (χ0v) is 16.1. The minimum Gasteiger partial charge on any atom is -0.396 e. The number of rotatable bonds is 9. The molecule has 0 aliphatic carbocycles. The smallest absolute Gasteiger partial charge is 0.0642 e. The molecule has 1 saturated heterocycles. The molecule has 1 aliphatic heterocycles. The van der Waals surface area contributed by atoms with Crippen LogP contribution in [0.2, 0.25) is 0 Å². The first-order chi connectivity index (χ1) is 12.0. The Balaban J connectivity index is 1.97. The summed E-state index contributed by atoms with van der Waals surface area (Å²) in [4.78, 5) is 2.37. The van der Waals surface area contributed by atoms with Crippen LogP contribution < -0.4 is 0 Å². The van der Waals surface area contributed by atoms with E-state index < -0.39 is 11.5 Å². The molecule has 0 bridgehead atoms. The molecule has 0 radical (unpaired) electrons. The van der Waals surface area contributed by atoms with Crippen LogP contribution in [0.5, 0.6) is 0 Å². The molecule has 0 spiro atoms. The van der Waals surface area contributed by atoms with Crippen LogP contribution >= 0.6 is 0 Å². The second kappa shape index (κ2) is 9.67. The monoisotopic (exact) mass is 349 g/mol. The summed E-state index contributed by atoms with van der Waals surface area (Å²) in [7, 11) is 1.69. The molecule has 0 aromatic heterocycles. The molecular formula is C21H35NO3. The second-order valence-corrected chi connectivity index (χ2v) is 8.05. The Labute approximate surface area is 152 Å². The van der Waals surface area contributed by atoms with Crippen molar-refractivity contribution in [2.75, 3.05) is 33.4 Å². The van der Waals surface area contributed by atoms with E-state index >= 15 is 0 Å². The Kier molecular flexibility index (Phi) is 7.88. The van der Waals surface area contributed by atoms with Crippen molar-refractivity contribution >= 4 is 0 Å². The Morgan fingerprint density at radius 2 is 1.92 bits per heavy atom. The van der Waals surface area contributed by atoms with Crippen LogP contribution in [0.15, 0.2) is 24.3 Å². The summed E-state index contributed by atoms with van der Waals surface area (Å²) in [5.74, 6) is 0.673. The van der Waals surface area contributed by atoms with Gasteiger partial charge in [0.25, 0.3) is 0 Å². The van der Waals surface area contributed by atoms with Gasteiger partial charge in [0, 0.05) is 38.8 Å². The fraction of sp³-hybridized carbons (Fsp3) is 0.714. The van der Waals surface area contributed by atoms with E-state index in [9.17, 15) is 10.2 Å². The van der Waals surface area contributed by atoms with Gasteiger partial charge in [-0.25, -0.2) is 0 Å². The first-order valence-electron chi connectivity index (χ1n) is 9.57. The summed E-state index contributed by atoms with van der Waals surface area (Å²) in [6.07, 6.45) is 3.07. The van der Waals surface area contributed by atoms with Gasteiger partial charge < -0.3 is 14.9 Å². The zero-order valence-electron chi connectivity index (χ0n) is 16.1. The molecule has 25 heavy (non-hydrogen) atoms.